The number of imidazole rings is 1. The van der Waals surface area contributed by atoms with E-state index in [9.17, 15) is 9.59 Å². The van der Waals surface area contributed by atoms with E-state index in [0.717, 1.165) is 22.3 Å². The maximum absolute atomic E-state index is 12.7. The Morgan fingerprint density at radius 1 is 1.09 bits per heavy atom. The third-order valence-corrected chi connectivity index (χ3v) is 5.16. The number of hydrogen-bond donors (Lipinski definition) is 2. The number of ether oxygens (including phenoxy) is 1. The normalized spacial score (nSPS) is 11.0. The van der Waals surface area contributed by atoms with Crippen LogP contribution in [0.4, 0.5) is 5.69 Å². The number of aromatic amines is 1. The lowest BCUT2D eigenvalue weighted by Crippen LogP contribution is -2.13. The molecule has 0 aliphatic carbocycles. The van der Waals surface area contributed by atoms with E-state index in [2.05, 4.69) is 15.3 Å². The summed E-state index contributed by atoms with van der Waals surface area (Å²) in [5.41, 5.74) is 3.61. The van der Waals surface area contributed by atoms with Crippen molar-refractivity contribution in [2.24, 2.45) is 0 Å². The lowest BCUT2D eigenvalue weighted by atomic mass is 10.1. The molecule has 0 spiro atoms. The molecule has 158 valence electrons. The summed E-state index contributed by atoms with van der Waals surface area (Å²) < 4.78 is 7.83. The van der Waals surface area contributed by atoms with Crippen LogP contribution in [0.2, 0.25) is 0 Å². The molecule has 0 aliphatic heterocycles. The average Bonchev–Trinajstić information content (AvgIpc) is 3.20. The van der Waals surface area contributed by atoms with Gasteiger partial charge in [0.1, 0.15) is 18.0 Å². The molecule has 5 aromatic rings. The molecule has 0 radical (unpaired) electrons. The highest BCUT2D eigenvalue weighted by molar-refractivity contribution is 6.05. The highest BCUT2D eigenvalue weighted by Crippen LogP contribution is 2.19. The Morgan fingerprint density at radius 2 is 2.00 bits per heavy atom. The van der Waals surface area contributed by atoms with Gasteiger partial charge in [-0.2, -0.15) is 0 Å². The number of nitrogens with zero attached hydrogens (tertiary/aromatic N) is 2. The number of carbonyl (C=O) groups excluding carboxylic acids is 1. The topological polar surface area (TPSA) is 88.5 Å². The van der Waals surface area contributed by atoms with Gasteiger partial charge in [0.25, 0.3) is 11.5 Å². The van der Waals surface area contributed by atoms with Crippen LogP contribution in [-0.4, -0.2) is 20.3 Å². The number of amides is 1. The summed E-state index contributed by atoms with van der Waals surface area (Å²) in [4.78, 5) is 31.9. The van der Waals surface area contributed by atoms with Crippen molar-refractivity contribution in [1.29, 1.82) is 0 Å². The maximum Gasteiger partial charge on any atom is 0.255 e. The molecule has 3 heterocycles. The minimum atomic E-state index is -0.287. The molecule has 0 bridgehead atoms. The first-order valence-electron chi connectivity index (χ1n) is 10.1. The van der Waals surface area contributed by atoms with Gasteiger partial charge in [0.05, 0.1) is 5.69 Å². The van der Waals surface area contributed by atoms with Gasteiger partial charge in [-0.25, -0.2) is 4.98 Å². The largest absolute Gasteiger partial charge is 0.487 e. The fraction of sp³-hybridized carbons (Fsp3) is 0.0800. The van der Waals surface area contributed by atoms with E-state index in [1.807, 2.05) is 41.9 Å². The lowest BCUT2D eigenvalue weighted by Gasteiger charge is -2.09. The van der Waals surface area contributed by atoms with Crippen molar-refractivity contribution in [3.63, 3.8) is 0 Å². The first kappa shape index (κ1) is 19.6. The second kappa shape index (κ2) is 8.03. The molecular formula is C25H20N4O3. The number of rotatable bonds is 5. The Kier molecular flexibility index (Phi) is 4.91. The number of benzene rings is 2. The third-order valence-electron chi connectivity index (χ3n) is 5.16. The smallest absolute Gasteiger partial charge is 0.255 e. The van der Waals surface area contributed by atoms with Gasteiger partial charge in [-0.1, -0.05) is 18.2 Å². The minimum absolute atomic E-state index is 0.198. The van der Waals surface area contributed by atoms with Gasteiger partial charge in [-0.15, -0.1) is 0 Å². The summed E-state index contributed by atoms with van der Waals surface area (Å²) in [6, 6.07) is 18.0. The van der Waals surface area contributed by atoms with E-state index in [1.54, 1.807) is 48.7 Å². The molecule has 32 heavy (non-hydrogen) atoms. The number of H-pyrrole nitrogens is 1. The molecule has 3 aromatic heterocycles. The summed E-state index contributed by atoms with van der Waals surface area (Å²) in [6.45, 7) is 2.32. The Balaban J connectivity index is 1.30. The molecule has 1 amide bonds. The Hall–Kier alpha value is -4.39. The summed E-state index contributed by atoms with van der Waals surface area (Å²) >= 11 is 0. The van der Waals surface area contributed by atoms with Crippen LogP contribution in [0, 0.1) is 6.92 Å². The number of anilines is 1. The number of nitrogens with one attached hydrogen (secondary N) is 2. The van der Waals surface area contributed by atoms with Gasteiger partial charge in [-0.3, -0.25) is 9.59 Å². The van der Waals surface area contributed by atoms with Crippen LogP contribution >= 0.6 is 0 Å². The van der Waals surface area contributed by atoms with Crippen LogP contribution in [0.5, 0.6) is 5.75 Å². The van der Waals surface area contributed by atoms with E-state index >= 15 is 0 Å². The van der Waals surface area contributed by atoms with Gasteiger partial charge in [0.15, 0.2) is 0 Å². The molecule has 0 fully saturated rings. The van der Waals surface area contributed by atoms with Gasteiger partial charge >= 0.3 is 0 Å². The molecule has 7 nitrogen and oxygen atoms in total. The number of pyridine rings is 2. The van der Waals surface area contributed by atoms with Crippen molar-refractivity contribution in [2.75, 3.05) is 5.32 Å². The van der Waals surface area contributed by atoms with Crippen LogP contribution in [0.15, 0.2) is 84.0 Å². The number of carbonyl (C=O) groups is 1. The number of hydrogen-bond acceptors (Lipinski definition) is 4. The molecule has 0 saturated carbocycles. The summed E-state index contributed by atoms with van der Waals surface area (Å²) in [5.74, 6) is 0.284. The third kappa shape index (κ3) is 3.96. The van der Waals surface area contributed by atoms with Gasteiger partial charge in [0.2, 0.25) is 0 Å². The quantitative estimate of drug-likeness (QED) is 0.440. The van der Waals surface area contributed by atoms with Crippen LogP contribution in [0.3, 0.4) is 0 Å². The van der Waals surface area contributed by atoms with E-state index in [-0.39, 0.29) is 11.5 Å². The molecule has 2 N–H and O–H groups in total. The van der Waals surface area contributed by atoms with Crippen LogP contribution < -0.4 is 15.6 Å². The summed E-state index contributed by atoms with van der Waals surface area (Å²) in [7, 11) is 0. The van der Waals surface area contributed by atoms with Gasteiger partial charge in [0, 0.05) is 35.2 Å². The molecule has 0 atom stereocenters. The second-order valence-corrected chi connectivity index (χ2v) is 7.58. The second-order valence-electron chi connectivity index (χ2n) is 7.58. The molecule has 0 unspecified atom stereocenters. The fourth-order valence-electron chi connectivity index (χ4n) is 3.57. The van der Waals surface area contributed by atoms with Crippen LogP contribution in [0.25, 0.3) is 16.4 Å². The van der Waals surface area contributed by atoms with E-state index in [4.69, 9.17) is 4.74 Å². The highest BCUT2D eigenvalue weighted by atomic mass is 16.5. The van der Waals surface area contributed by atoms with Crippen LogP contribution in [0.1, 0.15) is 21.6 Å². The lowest BCUT2D eigenvalue weighted by molar-refractivity contribution is 0.102. The number of aryl methyl sites for hydroxylation is 1. The number of fused-ring (bicyclic) bond motifs is 2. The Morgan fingerprint density at radius 3 is 2.91 bits per heavy atom. The molecule has 5 rings (SSSR count). The standard InChI is InChI=1S/C25H20N4O3/c1-16-5-8-23-27-20(14-29(23)13-16)15-32-21-4-2-3-18(11-21)24(30)28-19-7-6-17-9-10-26-25(31)22(17)12-19/h2-14H,15H2,1H3,(H,26,31)(H,28,30). The molecule has 0 aliphatic rings. The first-order valence-corrected chi connectivity index (χ1v) is 10.1. The Bertz CT molecular complexity index is 1520. The zero-order valence-corrected chi connectivity index (χ0v) is 17.3. The fourth-order valence-corrected chi connectivity index (χ4v) is 3.57. The SMILES string of the molecule is Cc1ccc2nc(COc3cccc(C(=O)Nc4ccc5cc[nH]c(=O)c5c4)c3)cn2c1. The average molecular weight is 424 g/mol. The van der Waals surface area contributed by atoms with Gasteiger partial charge in [-0.05, 0) is 60.3 Å². The molecular weight excluding hydrogens is 404 g/mol. The Labute approximate surface area is 183 Å². The van der Waals surface area contributed by atoms with Crippen molar-refractivity contribution in [1.82, 2.24) is 14.4 Å². The molecule has 2 aromatic carbocycles. The first-order chi connectivity index (χ1) is 15.5. The highest BCUT2D eigenvalue weighted by Gasteiger charge is 2.10. The number of aromatic nitrogens is 3. The van der Waals surface area contributed by atoms with Crippen LogP contribution in [-0.2, 0) is 6.61 Å². The monoisotopic (exact) mass is 424 g/mol. The van der Waals surface area contributed by atoms with Crippen molar-refractivity contribution < 1.29 is 9.53 Å². The van der Waals surface area contributed by atoms with Gasteiger partial charge < -0.3 is 19.4 Å². The molecule has 7 heteroatoms. The predicted molar refractivity (Wildman–Crippen MR) is 123 cm³/mol. The summed E-state index contributed by atoms with van der Waals surface area (Å²) in [5, 5.41) is 4.17. The van der Waals surface area contributed by atoms with E-state index in [0.29, 0.717) is 29.0 Å². The summed E-state index contributed by atoms with van der Waals surface area (Å²) in [6.07, 6.45) is 5.54. The van der Waals surface area contributed by atoms with E-state index < -0.39 is 0 Å². The van der Waals surface area contributed by atoms with Crippen molar-refractivity contribution in [3.8, 4) is 5.75 Å². The molecule has 0 saturated heterocycles. The van der Waals surface area contributed by atoms with Crippen molar-refractivity contribution >= 4 is 28.0 Å². The van der Waals surface area contributed by atoms with Crippen molar-refractivity contribution in [3.05, 3.63) is 106 Å². The zero-order chi connectivity index (χ0) is 22.1. The van der Waals surface area contributed by atoms with Crippen molar-refractivity contribution in [2.45, 2.75) is 13.5 Å². The predicted octanol–water partition coefficient (Wildman–Crippen LogP) is 4.32. The zero-order valence-electron chi connectivity index (χ0n) is 17.3. The van der Waals surface area contributed by atoms with E-state index in [1.165, 1.54) is 0 Å². The minimum Gasteiger partial charge on any atom is -0.487 e. The maximum atomic E-state index is 12.7.